The number of anilines is 1. The Morgan fingerprint density at radius 2 is 2.39 bits per heavy atom. The van der Waals surface area contributed by atoms with Gasteiger partial charge in [-0.3, -0.25) is 4.57 Å². The summed E-state index contributed by atoms with van der Waals surface area (Å²) in [6.07, 6.45) is 0. The SMILES string of the molecule is Cc1nc([N+](=O)[O-])c(NCC2CSCCS2)n1C. The minimum Gasteiger partial charge on any atom is -0.363 e. The zero-order valence-corrected chi connectivity index (χ0v) is 12.0. The van der Waals surface area contributed by atoms with E-state index in [-0.39, 0.29) is 5.82 Å². The van der Waals surface area contributed by atoms with Crippen LogP contribution in [0.15, 0.2) is 0 Å². The second-order valence-corrected chi connectivity index (χ2v) is 6.65. The van der Waals surface area contributed by atoms with Crippen molar-refractivity contribution in [3.63, 3.8) is 0 Å². The molecule has 1 fully saturated rings. The summed E-state index contributed by atoms with van der Waals surface area (Å²) in [4.78, 5) is 14.4. The van der Waals surface area contributed by atoms with Crippen molar-refractivity contribution in [2.45, 2.75) is 12.2 Å². The maximum atomic E-state index is 10.9. The van der Waals surface area contributed by atoms with Crippen molar-refractivity contribution < 1.29 is 4.92 Å². The van der Waals surface area contributed by atoms with Crippen molar-refractivity contribution in [3.8, 4) is 0 Å². The molecule has 1 aliphatic heterocycles. The third-order valence-electron chi connectivity index (χ3n) is 2.86. The molecular weight excluding hydrogens is 272 g/mol. The molecule has 0 radical (unpaired) electrons. The molecule has 0 amide bonds. The molecule has 1 atom stereocenters. The fourth-order valence-electron chi connectivity index (χ4n) is 1.78. The van der Waals surface area contributed by atoms with Crippen LogP contribution in [0.25, 0.3) is 0 Å². The molecule has 18 heavy (non-hydrogen) atoms. The van der Waals surface area contributed by atoms with E-state index in [1.165, 1.54) is 5.75 Å². The molecule has 0 aromatic carbocycles. The Morgan fingerprint density at radius 1 is 1.61 bits per heavy atom. The van der Waals surface area contributed by atoms with Gasteiger partial charge in [-0.05, 0) is 9.91 Å². The maximum Gasteiger partial charge on any atom is 0.406 e. The average Bonchev–Trinajstić information content (AvgIpc) is 2.65. The molecule has 1 aliphatic rings. The van der Waals surface area contributed by atoms with Crippen molar-refractivity contribution in [1.29, 1.82) is 0 Å². The van der Waals surface area contributed by atoms with Gasteiger partial charge in [0, 0.05) is 43.0 Å². The van der Waals surface area contributed by atoms with Crippen LogP contribution < -0.4 is 5.32 Å². The molecule has 0 saturated carbocycles. The van der Waals surface area contributed by atoms with Gasteiger partial charge >= 0.3 is 5.82 Å². The Balaban J connectivity index is 2.05. The van der Waals surface area contributed by atoms with Crippen LogP contribution in [0.3, 0.4) is 0 Å². The molecular formula is C10H16N4O2S2. The molecule has 1 unspecified atom stereocenters. The van der Waals surface area contributed by atoms with E-state index in [1.807, 2.05) is 23.5 Å². The second kappa shape index (κ2) is 5.83. The standard InChI is InChI=1S/C10H16N4O2S2/c1-7-12-10(14(15)16)9(13(7)2)11-5-8-6-17-3-4-18-8/h8,11H,3-6H2,1-2H3. The van der Waals surface area contributed by atoms with Gasteiger partial charge in [0.1, 0.15) is 0 Å². The Hall–Kier alpha value is -0.890. The molecule has 1 aromatic rings. The van der Waals surface area contributed by atoms with E-state index in [9.17, 15) is 10.1 Å². The van der Waals surface area contributed by atoms with Crippen LogP contribution in [0.5, 0.6) is 0 Å². The highest BCUT2D eigenvalue weighted by Crippen LogP contribution is 2.27. The van der Waals surface area contributed by atoms with Gasteiger partial charge < -0.3 is 15.4 Å². The van der Waals surface area contributed by atoms with Crippen LogP contribution >= 0.6 is 23.5 Å². The summed E-state index contributed by atoms with van der Waals surface area (Å²) in [6.45, 7) is 2.51. The number of aryl methyl sites for hydroxylation is 1. The van der Waals surface area contributed by atoms with E-state index in [1.54, 1.807) is 18.5 Å². The summed E-state index contributed by atoms with van der Waals surface area (Å²) in [6, 6.07) is 0. The summed E-state index contributed by atoms with van der Waals surface area (Å²) >= 11 is 3.87. The second-order valence-electron chi connectivity index (χ2n) is 4.10. The highest BCUT2D eigenvalue weighted by atomic mass is 32.2. The first-order valence-corrected chi connectivity index (χ1v) is 7.91. The molecule has 0 spiro atoms. The van der Waals surface area contributed by atoms with Gasteiger partial charge in [-0.15, -0.1) is 0 Å². The number of rotatable bonds is 4. The van der Waals surface area contributed by atoms with E-state index in [0.717, 1.165) is 18.1 Å². The summed E-state index contributed by atoms with van der Waals surface area (Å²) in [7, 11) is 1.79. The quantitative estimate of drug-likeness (QED) is 0.674. The van der Waals surface area contributed by atoms with Crippen LogP contribution in [-0.4, -0.2) is 43.5 Å². The number of hydrogen-bond donors (Lipinski definition) is 1. The first-order chi connectivity index (χ1) is 8.59. The number of nitro groups is 1. The molecule has 0 aliphatic carbocycles. The van der Waals surface area contributed by atoms with Crippen LogP contribution in [0.2, 0.25) is 0 Å². The Bertz CT molecular complexity index is 443. The molecule has 2 rings (SSSR count). The number of nitrogens with one attached hydrogen (secondary N) is 1. The maximum absolute atomic E-state index is 10.9. The third kappa shape index (κ3) is 2.92. The molecule has 1 aromatic heterocycles. The van der Waals surface area contributed by atoms with E-state index in [4.69, 9.17) is 0 Å². The predicted octanol–water partition coefficient (Wildman–Crippen LogP) is 1.90. The lowest BCUT2D eigenvalue weighted by atomic mass is 10.4. The van der Waals surface area contributed by atoms with Crippen LogP contribution in [0.4, 0.5) is 11.6 Å². The number of hydrogen-bond acceptors (Lipinski definition) is 6. The van der Waals surface area contributed by atoms with Gasteiger partial charge in [0.05, 0.1) is 0 Å². The third-order valence-corrected chi connectivity index (χ3v) is 5.70. The van der Waals surface area contributed by atoms with Gasteiger partial charge in [0.25, 0.3) is 0 Å². The van der Waals surface area contributed by atoms with Crippen molar-refractivity contribution in [1.82, 2.24) is 9.55 Å². The van der Waals surface area contributed by atoms with E-state index in [0.29, 0.717) is 16.9 Å². The molecule has 1 saturated heterocycles. The molecule has 0 bridgehead atoms. The first kappa shape index (κ1) is 13.5. The predicted molar refractivity (Wildman–Crippen MR) is 76.7 cm³/mol. The van der Waals surface area contributed by atoms with Gasteiger partial charge in [-0.2, -0.15) is 23.5 Å². The van der Waals surface area contributed by atoms with Crippen LogP contribution in [0.1, 0.15) is 5.82 Å². The minimum absolute atomic E-state index is 0.0801. The zero-order chi connectivity index (χ0) is 13.1. The van der Waals surface area contributed by atoms with E-state index < -0.39 is 4.92 Å². The normalized spacial score (nSPS) is 19.8. The smallest absolute Gasteiger partial charge is 0.363 e. The van der Waals surface area contributed by atoms with E-state index >= 15 is 0 Å². The number of aromatic nitrogens is 2. The lowest BCUT2D eigenvalue weighted by molar-refractivity contribution is -0.388. The highest BCUT2D eigenvalue weighted by molar-refractivity contribution is 8.06. The highest BCUT2D eigenvalue weighted by Gasteiger charge is 2.24. The summed E-state index contributed by atoms with van der Waals surface area (Å²) in [5.74, 6) is 4.53. The molecule has 6 nitrogen and oxygen atoms in total. The minimum atomic E-state index is -0.432. The first-order valence-electron chi connectivity index (χ1n) is 5.70. The largest absolute Gasteiger partial charge is 0.406 e. The monoisotopic (exact) mass is 288 g/mol. The Morgan fingerprint density at radius 3 is 3.00 bits per heavy atom. The Kier molecular flexibility index (Phi) is 4.39. The van der Waals surface area contributed by atoms with Gasteiger partial charge in [-0.1, -0.05) is 0 Å². The topological polar surface area (TPSA) is 73.0 Å². The number of imidazole rings is 1. The fourth-order valence-corrected chi connectivity index (χ4v) is 4.39. The zero-order valence-electron chi connectivity index (χ0n) is 10.4. The molecule has 8 heteroatoms. The summed E-state index contributed by atoms with van der Waals surface area (Å²) in [5, 5.41) is 14.6. The van der Waals surface area contributed by atoms with Gasteiger partial charge in [0.2, 0.25) is 11.6 Å². The summed E-state index contributed by atoms with van der Waals surface area (Å²) < 4.78 is 1.73. The average molecular weight is 288 g/mol. The van der Waals surface area contributed by atoms with Crippen molar-refractivity contribution in [2.75, 3.05) is 29.1 Å². The number of thioether (sulfide) groups is 2. The lowest BCUT2D eigenvalue weighted by Crippen LogP contribution is -2.24. The van der Waals surface area contributed by atoms with Crippen LogP contribution in [-0.2, 0) is 7.05 Å². The molecule has 2 heterocycles. The van der Waals surface area contributed by atoms with Crippen molar-refractivity contribution in [2.24, 2.45) is 7.05 Å². The van der Waals surface area contributed by atoms with Crippen LogP contribution in [0, 0.1) is 17.0 Å². The van der Waals surface area contributed by atoms with Crippen molar-refractivity contribution in [3.05, 3.63) is 15.9 Å². The molecule has 100 valence electrons. The van der Waals surface area contributed by atoms with E-state index in [2.05, 4.69) is 10.3 Å². The fraction of sp³-hybridized carbons (Fsp3) is 0.700. The van der Waals surface area contributed by atoms with Gasteiger partial charge in [-0.25, -0.2) is 0 Å². The molecule has 1 N–H and O–H groups in total. The van der Waals surface area contributed by atoms with Gasteiger partial charge in [0.15, 0.2) is 0 Å². The lowest BCUT2D eigenvalue weighted by Gasteiger charge is -2.21. The van der Waals surface area contributed by atoms with Crippen molar-refractivity contribution >= 4 is 35.2 Å². The summed E-state index contributed by atoms with van der Waals surface area (Å²) in [5.41, 5.74) is 0. The Labute approximate surface area is 114 Å². The number of nitrogens with zero attached hydrogens (tertiary/aromatic N) is 3.